The van der Waals surface area contributed by atoms with Crippen LogP contribution >= 0.6 is 0 Å². The molecule has 1 heterocycles. The van der Waals surface area contributed by atoms with E-state index in [0.717, 1.165) is 17.5 Å². The average molecular weight is 351 g/mol. The van der Waals surface area contributed by atoms with Gasteiger partial charge in [-0.25, -0.2) is 0 Å². The largest absolute Gasteiger partial charge is 0.256 e. The number of hydrogen-bond acceptors (Lipinski definition) is 1. The maximum atomic E-state index is 4.68. The van der Waals surface area contributed by atoms with Gasteiger partial charge < -0.3 is 0 Å². The van der Waals surface area contributed by atoms with Crippen LogP contribution in [0.25, 0.3) is 22.4 Å². The van der Waals surface area contributed by atoms with E-state index in [4.69, 9.17) is 0 Å². The molecule has 0 N–H and O–H groups in total. The highest BCUT2D eigenvalue weighted by molar-refractivity contribution is 6.16. The second kappa shape index (κ2) is 6.67. The molecule has 0 aliphatic heterocycles. The predicted octanol–water partition coefficient (Wildman–Crippen LogP) is 5.45. The van der Waals surface area contributed by atoms with Gasteiger partial charge >= 0.3 is 0 Å². The Labute approximate surface area is 163 Å². The lowest BCUT2D eigenvalue weighted by molar-refractivity contribution is 0.118. The van der Waals surface area contributed by atoms with Crippen molar-refractivity contribution in [1.82, 2.24) is 4.98 Å². The highest BCUT2D eigenvalue weighted by Crippen LogP contribution is 2.52. The zero-order chi connectivity index (χ0) is 18.3. The Morgan fingerprint density at radius 3 is 2.04 bits per heavy atom. The molecule has 134 valence electrons. The summed E-state index contributed by atoms with van der Waals surface area (Å²) in [6.07, 6.45) is 9.14. The zero-order valence-electron chi connectivity index (χ0n) is 16.1. The van der Waals surface area contributed by atoms with Gasteiger partial charge in [-0.05, 0) is 40.8 Å². The first-order valence-corrected chi connectivity index (χ1v) is 10.3. The Morgan fingerprint density at radius 1 is 0.741 bits per heavy atom. The summed E-state index contributed by atoms with van der Waals surface area (Å²) in [4.78, 5) is 4.68. The van der Waals surface area contributed by atoms with Crippen LogP contribution in [0.2, 0.25) is 0 Å². The fraction of sp³-hybridized carbons (Fsp3) is 0.320. The molecule has 2 heteroatoms. The Balaban J connectivity index is 1.39. The molecule has 2 aromatic carbocycles. The minimum Gasteiger partial charge on any atom is -0.256 e. The molecule has 3 aliphatic carbocycles. The Hall–Kier alpha value is -2.35. The van der Waals surface area contributed by atoms with Gasteiger partial charge in [0.2, 0.25) is 0 Å². The number of rotatable bonds is 3. The summed E-state index contributed by atoms with van der Waals surface area (Å²) in [5, 5.41) is 0.384. The molecule has 3 aliphatic rings. The topological polar surface area (TPSA) is 12.9 Å². The first-order chi connectivity index (χ1) is 13.2. The number of fused-ring (bicyclic) bond motifs is 3. The van der Waals surface area contributed by atoms with Crippen molar-refractivity contribution in [3.63, 3.8) is 0 Å². The van der Waals surface area contributed by atoms with Crippen molar-refractivity contribution >= 4 is 7.85 Å². The zero-order valence-corrected chi connectivity index (χ0v) is 16.1. The molecule has 3 saturated carbocycles. The lowest BCUT2D eigenvalue weighted by Crippen LogP contribution is -2.45. The van der Waals surface area contributed by atoms with E-state index in [1.165, 1.54) is 54.4 Å². The molecule has 1 atom stereocenters. The second-order valence-corrected chi connectivity index (χ2v) is 8.71. The van der Waals surface area contributed by atoms with Gasteiger partial charge in [-0.1, -0.05) is 86.3 Å². The van der Waals surface area contributed by atoms with Gasteiger partial charge in [-0.15, -0.1) is 0 Å². The van der Waals surface area contributed by atoms with Crippen LogP contribution in [0, 0.1) is 11.8 Å². The van der Waals surface area contributed by atoms with Crippen LogP contribution in [0.3, 0.4) is 0 Å². The van der Waals surface area contributed by atoms with Crippen LogP contribution in [0.15, 0.2) is 72.9 Å². The molecule has 1 aromatic heterocycles. The molecular weight excluding hydrogens is 325 g/mol. The maximum absolute atomic E-state index is 4.68. The number of hydrogen-bond donors (Lipinski definition) is 0. The quantitative estimate of drug-likeness (QED) is 0.572. The highest BCUT2D eigenvalue weighted by atomic mass is 14.7. The molecule has 1 nitrogen and oxygen atoms in total. The van der Waals surface area contributed by atoms with Crippen molar-refractivity contribution in [2.75, 3.05) is 0 Å². The van der Waals surface area contributed by atoms with Crippen molar-refractivity contribution < 1.29 is 0 Å². The molecule has 0 amide bonds. The molecule has 3 aromatic rings. The van der Waals surface area contributed by atoms with Crippen LogP contribution in [0.5, 0.6) is 0 Å². The van der Waals surface area contributed by atoms with Crippen molar-refractivity contribution in [1.29, 1.82) is 0 Å². The van der Waals surface area contributed by atoms with Crippen molar-refractivity contribution in [2.45, 2.75) is 37.4 Å². The Kier molecular flexibility index (Phi) is 4.15. The fourth-order valence-electron chi connectivity index (χ4n) is 5.51. The average Bonchev–Trinajstić information content (AvgIpc) is 2.75. The minimum atomic E-state index is 0.384. The number of aromatic nitrogens is 1. The Bertz CT molecular complexity index is 909. The number of benzene rings is 2. The van der Waals surface area contributed by atoms with Crippen molar-refractivity contribution in [2.24, 2.45) is 11.8 Å². The summed E-state index contributed by atoms with van der Waals surface area (Å²) in [6.45, 7) is 0. The summed E-state index contributed by atoms with van der Waals surface area (Å²) < 4.78 is 0. The molecule has 27 heavy (non-hydrogen) atoms. The van der Waals surface area contributed by atoms with Gasteiger partial charge in [0, 0.05) is 17.3 Å². The summed E-state index contributed by atoms with van der Waals surface area (Å²) in [6, 6.07) is 24.0. The standard InChI is InChI=1S/C25H26BN/c26-25(16-18-6-11-22(25)12-7-18)23-13-8-19(9-14-23)21-10-15-24(27-17-21)20-4-2-1-3-5-20/h1-5,8-10,13-15,17-18,22H,6-7,11-12,16,26H2. The molecule has 0 radical (unpaired) electrons. The number of nitrogens with zero attached hydrogens (tertiary/aromatic N) is 1. The second-order valence-electron chi connectivity index (χ2n) is 8.71. The summed E-state index contributed by atoms with van der Waals surface area (Å²) in [5.74, 6) is 1.83. The van der Waals surface area contributed by atoms with Crippen molar-refractivity contribution in [3.05, 3.63) is 78.5 Å². The lowest BCUT2D eigenvalue weighted by Gasteiger charge is -2.50. The van der Waals surface area contributed by atoms with E-state index in [1.54, 1.807) is 0 Å². The van der Waals surface area contributed by atoms with E-state index >= 15 is 0 Å². The van der Waals surface area contributed by atoms with Gasteiger partial charge in [0.05, 0.1) is 5.69 Å². The molecule has 0 spiro atoms. The van der Waals surface area contributed by atoms with Gasteiger partial charge in [0.25, 0.3) is 0 Å². The van der Waals surface area contributed by atoms with E-state index in [1.807, 2.05) is 12.3 Å². The summed E-state index contributed by atoms with van der Waals surface area (Å²) >= 11 is 0. The normalized spacial score (nSPS) is 26.8. The molecule has 2 bridgehead atoms. The maximum Gasteiger partial charge on any atom is 0.115 e. The third-order valence-corrected chi connectivity index (χ3v) is 7.17. The van der Waals surface area contributed by atoms with Gasteiger partial charge in [0.15, 0.2) is 0 Å². The molecular formula is C25H26BN. The van der Waals surface area contributed by atoms with E-state index in [-0.39, 0.29) is 0 Å². The van der Waals surface area contributed by atoms with Crippen LogP contribution in [-0.4, -0.2) is 12.8 Å². The van der Waals surface area contributed by atoms with E-state index < -0.39 is 0 Å². The van der Waals surface area contributed by atoms with Gasteiger partial charge in [0.1, 0.15) is 7.85 Å². The van der Waals surface area contributed by atoms with E-state index in [0.29, 0.717) is 5.31 Å². The van der Waals surface area contributed by atoms with Crippen LogP contribution in [0.1, 0.15) is 37.7 Å². The third kappa shape index (κ3) is 3.02. The van der Waals surface area contributed by atoms with E-state index in [9.17, 15) is 0 Å². The summed E-state index contributed by atoms with van der Waals surface area (Å²) in [5.41, 5.74) is 6.18. The van der Waals surface area contributed by atoms with Crippen molar-refractivity contribution in [3.8, 4) is 22.4 Å². The fourth-order valence-corrected chi connectivity index (χ4v) is 5.51. The molecule has 3 fully saturated rings. The predicted molar refractivity (Wildman–Crippen MR) is 115 cm³/mol. The van der Waals surface area contributed by atoms with Crippen LogP contribution < -0.4 is 0 Å². The third-order valence-electron chi connectivity index (χ3n) is 7.17. The summed E-state index contributed by atoms with van der Waals surface area (Å²) in [7, 11) is 2.51. The van der Waals surface area contributed by atoms with Gasteiger partial charge in [-0.3, -0.25) is 4.98 Å². The highest BCUT2D eigenvalue weighted by Gasteiger charge is 2.44. The van der Waals surface area contributed by atoms with Crippen LogP contribution in [0.4, 0.5) is 0 Å². The molecule has 6 rings (SSSR count). The smallest absolute Gasteiger partial charge is 0.115 e. The number of pyridine rings is 1. The monoisotopic (exact) mass is 351 g/mol. The minimum absolute atomic E-state index is 0.384. The molecule has 0 saturated heterocycles. The first-order valence-electron chi connectivity index (χ1n) is 10.3. The molecule has 1 unspecified atom stereocenters. The first kappa shape index (κ1) is 16.8. The SMILES string of the molecule is BC1(c2ccc(-c3ccc(-c4ccccc4)nc3)cc2)CC2CCC1CC2. The lowest BCUT2D eigenvalue weighted by atomic mass is 9.45. The van der Waals surface area contributed by atoms with Gasteiger partial charge in [-0.2, -0.15) is 0 Å². The van der Waals surface area contributed by atoms with Crippen LogP contribution in [-0.2, 0) is 5.31 Å². The Morgan fingerprint density at radius 2 is 1.44 bits per heavy atom. The van der Waals surface area contributed by atoms with E-state index in [2.05, 4.69) is 73.5 Å².